The number of sulfone groups is 1. The van der Waals surface area contributed by atoms with Crippen LogP contribution in [0.1, 0.15) is 42.8 Å². The van der Waals surface area contributed by atoms with Gasteiger partial charge in [0, 0.05) is 18.2 Å². The summed E-state index contributed by atoms with van der Waals surface area (Å²) in [4.78, 5) is 2.48. The molecule has 2 aromatic heterocycles. The SMILES string of the molecule is Cc1ccc(O[C@@H]2C[C@H]3CC[C@@H](C2)N3CS(=O)(=O)c2c(C)n[nH]c2C)nn1. The maximum absolute atomic E-state index is 13.0. The lowest BCUT2D eigenvalue weighted by atomic mass is 10.0. The van der Waals surface area contributed by atoms with Crippen LogP contribution in [0.3, 0.4) is 0 Å². The summed E-state index contributed by atoms with van der Waals surface area (Å²) in [5, 5.41) is 14.9. The van der Waals surface area contributed by atoms with Crippen molar-refractivity contribution in [2.24, 2.45) is 0 Å². The van der Waals surface area contributed by atoms with Gasteiger partial charge in [0.1, 0.15) is 16.9 Å². The Labute approximate surface area is 159 Å². The second-order valence-corrected chi connectivity index (χ2v) is 9.53. The maximum Gasteiger partial charge on any atom is 0.233 e. The molecule has 2 fully saturated rings. The zero-order valence-electron chi connectivity index (χ0n) is 15.8. The smallest absolute Gasteiger partial charge is 0.233 e. The molecule has 9 heteroatoms. The fraction of sp³-hybridized carbons (Fsp3) is 0.611. The average molecular weight is 391 g/mol. The molecule has 8 nitrogen and oxygen atoms in total. The number of rotatable bonds is 5. The van der Waals surface area contributed by atoms with Crippen LogP contribution < -0.4 is 4.74 Å². The predicted octanol–water partition coefficient (Wildman–Crippen LogP) is 1.93. The molecule has 0 radical (unpaired) electrons. The molecule has 3 atom stereocenters. The van der Waals surface area contributed by atoms with E-state index in [0.29, 0.717) is 22.2 Å². The van der Waals surface area contributed by atoms with E-state index in [1.54, 1.807) is 13.8 Å². The van der Waals surface area contributed by atoms with Gasteiger partial charge in [0.05, 0.1) is 17.1 Å². The number of fused-ring (bicyclic) bond motifs is 2. The first-order valence-electron chi connectivity index (χ1n) is 9.30. The molecule has 0 aliphatic carbocycles. The second kappa shape index (κ2) is 6.87. The Morgan fingerprint density at radius 2 is 1.85 bits per heavy atom. The molecule has 0 amide bonds. The summed E-state index contributed by atoms with van der Waals surface area (Å²) in [5.41, 5.74) is 2.00. The minimum Gasteiger partial charge on any atom is -0.473 e. The molecule has 146 valence electrons. The van der Waals surface area contributed by atoms with Crippen LogP contribution >= 0.6 is 0 Å². The van der Waals surface area contributed by atoms with Gasteiger partial charge >= 0.3 is 0 Å². The van der Waals surface area contributed by atoms with Gasteiger partial charge in [-0.05, 0) is 52.5 Å². The number of aromatic nitrogens is 4. The van der Waals surface area contributed by atoms with Crippen molar-refractivity contribution in [3.05, 3.63) is 29.2 Å². The fourth-order valence-electron chi connectivity index (χ4n) is 4.41. The molecule has 2 aliphatic heterocycles. The molecule has 1 N–H and O–H groups in total. The summed E-state index contributed by atoms with van der Waals surface area (Å²) >= 11 is 0. The summed E-state index contributed by atoms with van der Waals surface area (Å²) in [7, 11) is -3.42. The minimum absolute atomic E-state index is 0.0423. The monoisotopic (exact) mass is 391 g/mol. The van der Waals surface area contributed by atoms with Crippen LogP contribution in [0.25, 0.3) is 0 Å². The number of hydrogen-bond acceptors (Lipinski definition) is 7. The quantitative estimate of drug-likeness (QED) is 0.831. The van der Waals surface area contributed by atoms with E-state index in [1.807, 2.05) is 19.1 Å². The van der Waals surface area contributed by atoms with Crippen molar-refractivity contribution in [3.63, 3.8) is 0 Å². The molecule has 2 aromatic rings. The molecular weight excluding hydrogens is 366 g/mol. The van der Waals surface area contributed by atoms with Gasteiger partial charge in [-0.1, -0.05) is 0 Å². The topological polar surface area (TPSA) is 101 Å². The van der Waals surface area contributed by atoms with Gasteiger partial charge in [-0.25, -0.2) is 8.42 Å². The maximum atomic E-state index is 13.0. The molecule has 4 rings (SSSR count). The van der Waals surface area contributed by atoms with E-state index in [-0.39, 0.29) is 24.1 Å². The summed E-state index contributed by atoms with van der Waals surface area (Å²) in [6, 6.07) is 4.16. The third-order valence-electron chi connectivity index (χ3n) is 5.59. The molecule has 2 saturated heterocycles. The Hall–Kier alpha value is -2.00. The molecular formula is C18H25N5O3S. The summed E-state index contributed by atoms with van der Waals surface area (Å²) < 4.78 is 32.0. The Kier molecular flexibility index (Phi) is 4.67. The first kappa shape index (κ1) is 18.4. The molecule has 0 unspecified atom stereocenters. The number of nitrogens with one attached hydrogen (secondary N) is 1. The molecule has 0 spiro atoms. The van der Waals surface area contributed by atoms with Crippen LogP contribution in [0, 0.1) is 20.8 Å². The van der Waals surface area contributed by atoms with Crippen LogP contribution in [0.5, 0.6) is 5.88 Å². The van der Waals surface area contributed by atoms with Gasteiger partial charge in [0.25, 0.3) is 0 Å². The van der Waals surface area contributed by atoms with Crippen molar-refractivity contribution < 1.29 is 13.2 Å². The van der Waals surface area contributed by atoms with Crippen LogP contribution in [0.4, 0.5) is 0 Å². The standard InChI is InChI=1S/C18H25N5O3S/c1-11-4-7-17(22-19-11)26-16-8-14-5-6-15(9-16)23(14)10-27(24,25)18-12(2)20-21-13(18)3/h4,7,14-16H,5-6,8-10H2,1-3H3,(H,20,21)/t14-,15+,16-. The molecule has 2 aliphatic rings. The highest BCUT2D eigenvalue weighted by Crippen LogP contribution is 2.38. The second-order valence-electron chi connectivity index (χ2n) is 7.63. The highest BCUT2D eigenvalue weighted by atomic mass is 32.2. The number of H-pyrrole nitrogens is 1. The van der Waals surface area contributed by atoms with E-state index in [1.165, 1.54) is 0 Å². The first-order valence-corrected chi connectivity index (χ1v) is 11.0. The predicted molar refractivity (Wildman–Crippen MR) is 99.2 cm³/mol. The van der Waals surface area contributed by atoms with Crippen LogP contribution in [0.15, 0.2) is 17.0 Å². The number of hydrogen-bond donors (Lipinski definition) is 1. The molecule has 2 bridgehead atoms. The van der Waals surface area contributed by atoms with Crippen molar-refractivity contribution in [1.29, 1.82) is 0 Å². The third kappa shape index (κ3) is 3.58. The summed E-state index contributed by atoms with van der Waals surface area (Å²) in [6.45, 7) is 5.37. The number of ether oxygens (including phenoxy) is 1. The fourth-order valence-corrected chi connectivity index (χ4v) is 6.36. The highest BCUT2D eigenvalue weighted by molar-refractivity contribution is 7.91. The van der Waals surface area contributed by atoms with Crippen LogP contribution in [0.2, 0.25) is 0 Å². The summed E-state index contributed by atoms with van der Waals surface area (Å²) in [5.74, 6) is 0.580. The minimum atomic E-state index is -3.42. The zero-order valence-corrected chi connectivity index (χ0v) is 16.7. The third-order valence-corrected chi connectivity index (χ3v) is 7.45. The van der Waals surface area contributed by atoms with Crippen molar-refractivity contribution in [1.82, 2.24) is 25.3 Å². The molecule has 0 aromatic carbocycles. The van der Waals surface area contributed by atoms with Gasteiger partial charge in [0.2, 0.25) is 5.88 Å². The van der Waals surface area contributed by atoms with Crippen molar-refractivity contribution in [2.75, 3.05) is 5.88 Å². The van der Waals surface area contributed by atoms with Gasteiger partial charge in [-0.3, -0.25) is 10.00 Å². The lowest BCUT2D eigenvalue weighted by Crippen LogP contribution is -2.48. The van der Waals surface area contributed by atoms with E-state index < -0.39 is 9.84 Å². The number of aryl methyl sites for hydroxylation is 3. The van der Waals surface area contributed by atoms with Crippen molar-refractivity contribution >= 4 is 9.84 Å². The van der Waals surface area contributed by atoms with Gasteiger partial charge in [-0.15, -0.1) is 5.10 Å². The van der Waals surface area contributed by atoms with Gasteiger partial charge in [0.15, 0.2) is 9.84 Å². The van der Waals surface area contributed by atoms with Crippen molar-refractivity contribution in [3.8, 4) is 5.88 Å². The Bertz CT molecular complexity index is 891. The number of piperidine rings is 1. The summed E-state index contributed by atoms with van der Waals surface area (Å²) in [6.07, 6.45) is 3.68. The van der Waals surface area contributed by atoms with Crippen LogP contribution in [-0.4, -0.2) is 57.8 Å². The first-order chi connectivity index (χ1) is 12.8. The van der Waals surface area contributed by atoms with Crippen LogP contribution in [-0.2, 0) is 9.84 Å². The van der Waals surface area contributed by atoms with E-state index >= 15 is 0 Å². The lowest BCUT2D eigenvalue weighted by molar-refractivity contribution is 0.0575. The Morgan fingerprint density at radius 1 is 1.15 bits per heavy atom. The number of aromatic amines is 1. The largest absolute Gasteiger partial charge is 0.473 e. The van der Waals surface area contributed by atoms with E-state index in [0.717, 1.165) is 31.4 Å². The normalized spacial score (nSPS) is 25.7. The van der Waals surface area contributed by atoms with Gasteiger partial charge < -0.3 is 4.74 Å². The molecule has 0 saturated carbocycles. The molecule has 4 heterocycles. The lowest BCUT2D eigenvalue weighted by Gasteiger charge is -2.38. The zero-order chi connectivity index (χ0) is 19.2. The van der Waals surface area contributed by atoms with E-state index in [4.69, 9.17) is 4.74 Å². The Balaban J connectivity index is 1.46. The highest BCUT2D eigenvalue weighted by Gasteiger charge is 2.44. The van der Waals surface area contributed by atoms with E-state index in [2.05, 4.69) is 25.3 Å². The van der Waals surface area contributed by atoms with Gasteiger partial charge in [-0.2, -0.15) is 10.2 Å². The Morgan fingerprint density at radius 3 is 2.41 bits per heavy atom. The number of nitrogens with zero attached hydrogens (tertiary/aromatic N) is 4. The molecule has 27 heavy (non-hydrogen) atoms. The average Bonchev–Trinajstić information content (AvgIpc) is 3.05. The van der Waals surface area contributed by atoms with Crippen molar-refractivity contribution in [2.45, 2.75) is 69.5 Å². The van der Waals surface area contributed by atoms with E-state index in [9.17, 15) is 8.42 Å².